The topological polar surface area (TPSA) is 24.9 Å². The molecule has 0 radical (unpaired) electrons. The van der Waals surface area contributed by atoms with Crippen LogP contribution in [0.3, 0.4) is 0 Å². The molecule has 0 aromatic carbocycles. The quantitative estimate of drug-likeness (QED) is 0.801. The molecular weight excluding hydrogens is 212 g/mol. The SMILES string of the molecule is CCSC(=S)Nc1ccc(CC)cn1. The molecule has 0 aliphatic rings. The van der Waals surface area contributed by atoms with E-state index in [2.05, 4.69) is 30.2 Å². The van der Waals surface area contributed by atoms with Crippen molar-refractivity contribution in [2.24, 2.45) is 0 Å². The van der Waals surface area contributed by atoms with E-state index in [1.807, 2.05) is 12.3 Å². The van der Waals surface area contributed by atoms with Gasteiger partial charge in [-0.15, -0.1) is 0 Å². The third-order valence-corrected chi connectivity index (χ3v) is 2.85. The summed E-state index contributed by atoms with van der Waals surface area (Å²) in [5, 5.41) is 3.08. The summed E-state index contributed by atoms with van der Waals surface area (Å²) in [6.07, 6.45) is 2.89. The zero-order valence-corrected chi connectivity index (χ0v) is 10.0. The van der Waals surface area contributed by atoms with Crippen LogP contribution in [0.25, 0.3) is 0 Å². The molecule has 0 fully saturated rings. The zero-order chi connectivity index (χ0) is 10.4. The van der Waals surface area contributed by atoms with Gasteiger partial charge in [0.15, 0.2) is 0 Å². The molecule has 14 heavy (non-hydrogen) atoms. The van der Waals surface area contributed by atoms with Gasteiger partial charge < -0.3 is 5.32 Å². The van der Waals surface area contributed by atoms with Crippen LogP contribution in [0.15, 0.2) is 18.3 Å². The van der Waals surface area contributed by atoms with E-state index >= 15 is 0 Å². The molecule has 1 aromatic rings. The molecule has 76 valence electrons. The highest BCUT2D eigenvalue weighted by molar-refractivity contribution is 8.23. The molecule has 0 spiro atoms. The predicted octanol–water partition coefficient (Wildman–Crippen LogP) is 3.09. The van der Waals surface area contributed by atoms with Gasteiger partial charge in [0.25, 0.3) is 0 Å². The van der Waals surface area contributed by atoms with Crippen molar-refractivity contribution in [1.82, 2.24) is 4.98 Å². The van der Waals surface area contributed by atoms with Gasteiger partial charge in [0.05, 0.1) is 0 Å². The fourth-order valence-corrected chi connectivity index (χ4v) is 1.88. The lowest BCUT2D eigenvalue weighted by molar-refractivity contribution is 1.11. The fraction of sp³-hybridized carbons (Fsp3) is 0.400. The molecule has 1 rings (SSSR count). The van der Waals surface area contributed by atoms with Crippen LogP contribution in [0, 0.1) is 0 Å². The molecule has 0 saturated carbocycles. The van der Waals surface area contributed by atoms with Crippen LogP contribution in [0.2, 0.25) is 0 Å². The summed E-state index contributed by atoms with van der Waals surface area (Å²) < 4.78 is 0.782. The first-order chi connectivity index (χ1) is 6.76. The Balaban J connectivity index is 2.55. The van der Waals surface area contributed by atoms with Gasteiger partial charge in [0.2, 0.25) is 0 Å². The fourth-order valence-electron chi connectivity index (χ4n) is 0.979. The Morgan fingerprint density at radius 1 is 1.50 bits per heavy atom. The molecule has 1 aromatic heterocycles. The van der Waals surface area contributed by atoms with Crippen LogP contribution in [0.1, 0.15) is 19.4 Å². The molecule has 0 aliphatic carbocycles. The van der Waals surface area contributed by atoms with Gasteiger partial charge in [0, 0.05) is 6.20 Å². The maximum atomic E-state index is 5.11. The molecule has 0 amide bonds. The minimum Gasteiger partial charge on any atom is -0.326 e. The van der Waals surface area contributed by atoms with Gasteiger partial charge in [-0.25, -0.2) is 4.98 Å². The minimum atomic E-state index is 0.782. The van der Waals surface area contributed by atoms with E-state index < -0.39 is 0 Å². The third kappa shape index (κ3) is 3.64. The van der Waals surface area contributed by atoms with Crippen molar-refractivity contribution in [3.63, 3.8) is 0 Å². The summed E-state index contributed by atoms with van der Waals surface area (Å²) in [6, 6.07) is 4.02. The summed E-state index contributed by atoms with van der Waals surface area (Å²) in [5.74, 6) is 1.81. The monoisotopic (exact) mass is 226 g/mol. The number of nitrogens with one attached hydrogen (secondary N) is 1. The van der Waals surface area contributed by atoms with Gasteiger partial charge in [0.1, 0.15) is 10.1 Å². The van der Waals surface area contributed by atoms with Crippen molar-refractivity contribution in [2.75, 3.05) is 11.1 Å². The number of anilines is 1. The molecule has 0 bridgehead atoms. The van der Waals surface area contributed by atoms with Crippen LogP contribution < -0.4 is 5.32 Å². The first-order valence-electron chi connectivity index (χ1n) is 4.65. The number of aryl methyl sites for hydroxylation is 1. The lowest BCUT2D eigenvalue weighted by Crippen LogP contribution is -2.06. The van der Waals surface area contributed by atoms with Crippen molar-refractivity contribution in [1.29, 1.82) is 0 Å². The number of hydrogen-bond acceptors (Lipinski definition) is 3. The van der Waals surface area contributed by atoms with Crippen molar-refractivity contribution < 1.29 is 0 Å². The molecule has 0 atom stereocenters. The third-order valence-electron chi connectivity index (χ3n) is 1.74. The van der Waals surface area contributed by atoms with Crippen molar-refractivity contribution in [3.8, 4) is 0 Å². The first kappa shape index (κ1) is 11.5. The second kappa shape index (κ2) is 5.98. The standard InChI is InChI=1S/C10H14N2S2/c1-3-8-5-6-9(11-7-8)12-10(13)14-4-2/h5-7H,3-4H2,1-2H3,(H,11,12,13). The molecule has 2 nitrogen and oxygen atoms in total. The second-order valence-corrected chi connectivity index (χ2v) is 4.69. The molecular formula is C10H14N2S2. The summed E-state index contributed by atoms with van der Waals surface area (Å²) in [4.78, 5) is 4.26. The Morgan fingerprint density at radius 3 is 2.79 bits per heavy atom. The Labute approximate surface area is 94.5 Å². The molecule has 0 unspecified atom stereocenters. The smallest absolute Gasteiger partial charge is 0.139 e. The zero-order valence-electron chi connectivity index (χ0n) is 8.41. The highest BCUT2D eigenvalue weighted by Gasteiger charge is 1.98. The van der Waals surface area contributed by atoms with Crippen LogP contribution in [-0.4, -0.2) is 15.1 Å². The predicted molar refractivity (Wildman–Crippen MR) is 68.0 cm³/mol. The molecule has 4 heteroatoms. The van der Waals surface area contributed by atoms with Crippen LogP contribution in [0.5, 0.6) is 0 Å². The molecule has 0 saturated heterocycles. The number of thioether (sulfide) groups is 1. The average molecular weight is 226 g/mol. The second-order valence-electron chi connectivity index (χ2n) is 2.75. The first-order valence-corrected chi connectivity index (χ1v) is 6.04. The van der Waals surface area contributed by atoms with Gasteiger partial charge in [-0.2, -0.15) is 0 Å². The van der Waals surface area contributed by atoms with Gasteiger partial charge in [-0.1, -0.05) is 43.9 Å². The Morgan fingerprint density at radius 2 is 2.29 bits per heavy atom. The summed E-state index contributed by atoms with van der Waals surface area (Å²) in [7, 11) is 0. The lowest BCUT2D eigenvalue weighted by Gasteiger charge is -2.05. The van der Waals surface area contributed by atoms with Crippen molar-refractivity contribution in [2.45, 2.75) is 20.3 Å². The number of nitrogens with zero attached hydrogens (tertiary/aromatic N) is 1. The normalized spacial score (nSPS) is 9.86. The average Bonchev–Trinajstić information content (AvgIpc) is 2.19. The van der Waals surface area contributed by atoms with E-state index in [9.17, 15) is 0 Å². The van der Waals surface area contributed by atoms with E-state index in [1.54, 1.807) is 11.8 Å². The Kier molecular flexibility index (Phi) is 4.90. The highest BCUT2D eigenvalue weighted by Crippen LogP contribution is 2.10. The Bertz CT molecular complexity index is 295. The van der Waals surface area contributed by atoms with E-state index in [0.29, 0.717) is 0 Å². The lowest BCUT2D eigenvalue weighted by atomic mass is 10.2. The maximum absolute atomic E-state index is 5.11. The molecule has 0 aliphatic heterocycles. The van der Waals surface area contributed by atoms with Gasteiger partial charge in [-0.3, -0.25) is 0 Å². The van der Waals surface area contributed by atoms with E-state index in [0.717, 1.165) is 22.3 Å². The summed E-state index contributed by atoms with van der Waals surface area (Å²) in [6.45, 7) is 4.19. The molecule has 1 N–H and O–H groups in total. The number of hydrogen-bond donors (Lipinski definition) is 1. The number of thiocarbonyl (C=S) groups is 1. The number of aromatic nitrogens is 1. The summed E-state index contributed by atoms with van der Waals surface area (Å²) >= 11 is 6.72. The van der Waals surface area contributed by atoms with E-state index in [-0.39, 0.29) is 0 Å². The van der Waals surface area contributed by atoms with Gasteiger partial charge in [-0.05, 0) is 23.8 Å². The largest absolute Gasteiger partial charge is 0.326 e. The van der Waals surface area contributed by atoms with Crippen molar-refractivity contribution in [3.05, 3.63) is 23.9 Å². The van der Waals surface area contributed by atoms with Crippen molar-refractivity contribution >= 4 is 34.1 Å². The van der Waals surface area contributed by atoms with Crippen LogP contribution >= 0.6 is 24.0 Å². The van der Waals surface area contributed by atoms with E-state index in [4.69, 9.17) is 12.2 Å². The maximum Gasteiger partial charge on any atom is 0.139 e. The highest BCUT2D eigenvalue weighted by atomic mass is 32.2. The Hall–Kier alpha value is -0.610. The van der Waals surface area contributed by atoms with Crippen LogP contribution in [-0.2, 0) is 6.42 Å². The van der Waals surface area contributed by atoms with Gasteiger partial charge >= 0.3 is 0 Å². The molecule has 1 heterocycles. The summed E-state index contributed by atoms with van der Waals surface area (Å²) in [5.41, 5.74) is 1.24. The van der Waals surface area contributed by atoms with E-state index in [1.165, 1.54) is 5.56 Å². The number of rotatable bonds is 3. The minimum absolute atomic E-state index is 0.782. The number of pyridine rings is 1. The van der Waals surface area contributed by atoms with Crippen LogP contribution in [0.4, 0.5) is 5.82 Å².